The second-order valence-electron chi connectivity index (χ2n) is 3.70. The summed E-state index contributed by atoms with van der Waals surface area (Å²) in [6.45, 7) is 1.93. The number of carbonyl (C=O) groups excluding carboxylic acids is 1. The molecule has 1 amide bonds. The summed E-state index contributed by atoms with van der Waals surface area (Å²) in [6, 6.07) is 9.73. The molecule has 17 heavy (non-hydrogen) atoms. The smallest absolute Gasteiger partial charge is 0.271 e. The molecule has 1 heterocycles. The first-order chi connectivity index (χ1) is 8.27. The van der Waals surface area contributed by atoms with Gasteiger partial charge in [-0.3, -0.25) is 9.78 Å². The highest BCUT2D eigenvalue weighted by Crippen LogP contribution is 2.11. The van der Waals surface area contributed by atoms with E-state index in [4.69, 9.17) is 0 Å². The van der Waals surface area contributed by atoms with Gasteiger partial charge in [0.05, 0.1) is 12.2 Å². The number of nitrogens with zero attached hydrogens (tertiary/aromatic N) is 2. The lowest BCUT2D eigenvalue weighted by Crippen LogP contribution is -2.27. The zero-order chi connectivity index (χ0) is 12.1. The van der Waals surface area contributed by atoms with E-state index in [-0.39, 0.29) is 11.9 Å². The topological polar surface area (TPSA) is 54.9 Å². The molecule has 2 rings (SSSR count). The van der Waals surface area contributed by atoms with E-state index in [2.05, 4.69) is 15.3 Å². The summed E-state index contributed by atoms with van der Waals surface area (Å²) < 4.78 is 0. The van der Waals surface area contributed by atoms with Crippen LogP contribution in [0.2, 0.25) is 0 Å². The Morgan fingerprint density at radius 2 is 2.00 bits per heavy atom. The van der Waals surface area contributed by atoms with E-state index in [1.54, 1.807) is 0 Å². The van der Waals surface area contributed by atoms with E-state index >= 15 is 0 Å². The van der Waals surface area contributed by atoms with Crippen LogP contribution in [0.5, 0.6) is 0 Å². The fraction of sp³-hybridized carbons (Fsp3) is 0.154. The maximum atomic E-state index is 11.8. The molecule has 0 aliphatic heterocycles. The van der Waals surface area contributed by atoms with E-state index in [1.807, 2.05) is 37.3 Å². The average molecular weight is 227 g/mol. The predicted octanol–water partition coefficient (Wildman–Crippen LogP) is 1.97. The molecule has 4 nitrogen and oxygen atoms in total. The second kappa shape index (κ2) is 5.21. The molecule has 4 heteroatoms. The molecule has 0 bridgehead atoms. The first-order valence-corrected chi connectivity index (χ1v) is 5.39. The molecule has 0 radical (unpaired) electrons. The fourth-order valence-electron chi connectivity index (χ4n) is 1.51. The third-order valence-electron chi connectivity index (χ3n) is 2.44. The Hall–Kier alpha value is -2.23. The normalized spacial score (nSPS) is 11.8. The maximum absolute atomic E-state index is 11.8. The Morgan fingerprint density at radius 1 is 1.24 bits per heavy atom. The van der Waals surface area contributed by atoms with Crippen molar-refractivity contribution in [3.8, 4) is 0 Å². The SMILES string of the molecule is C[C@H](NC(=O)c1cnccn1)c1ccccc1. The summed E-state index contributed by atoms with van der Waals surface area (Å²) in [5.41, 5.74) is 1.39. The zero-order valence-corrected chi connectivity index (χ0v) is 9.50. The minimum absolute atomic E-state index is 0.0503. The van der Waals surface area contributed by atoms with E-state index < -0.39 is 0 Å². The van der Waals surface area contributed by atoms with Crippen molar-refractivity contribution < 1.29 is 4.79 Å². The van der Waals surface area contributed by atoms with Gasteiger partial charge in [-0.1, -0.05) is 30.3 Å². The highest BCUT2D eigenvalue weighted by molar-refractivity contribution is 5.92. The number of carbonyl (C=O) groups is 1. The van der Waals surface area contributed by atoms with E-state index in [1.165, 1.54) is 18.6 Å². The summed E-state index contributed by atoms with van der Waals surface area (Å²) in [5.74, 6) is -0.213. The molecular weight excluding hydrogens is 214 g/mol. The van der Waals surface area contributed by atoms with E-state index in [0.29, 0.717) is 5.69 Å². The number of nitrogens with one attached hydrogen (secondary N) is 1. The second-order valence-corrected chi connectivity index (χ2v) is 3.70. The minimum atomic E-state index is -0.213. The quantitative estimate of drug-likeness (QED) is 0.872. The molecule has 0 saturated carbocycles. The number of aromatic nitrogens is 2. The first kappa shape index (κ1) is 11.3. The number of hydrogen-bond donors (Lipinski definition) is 1. The molecule has 0 unspecified atom stereocenters. The highest BCUT2D eigenvalue weighted by atomic mass is 16.1. The minimum Gasteiger partial charge on any atom is -0.344 e. The Labute approximate surface area is 99.7 Å². The van der Waals surface area contributed by atoms with Gasteiger partial charge in [-0.05, 0) is 12.5 Å². The van der Waals surface area contributed by atoms with Gasteiger partial charge >= 0.3 is 0 Å². The third kappa shape index (κ3) is 2.87. The molecule has 0 saturated heterocycles. The van der Waals surface area contributed by atoms with Crippen molar-refractivity contribution in [3.63, 3.8) is 0 Å². The van der Waals surface area contributed by atoms with Gasteiger partial charge < -0.3 is 5.32 Å². The Balaban J connectivity index is 2.05. The van der Waals surface area contributed by atoms with Crippen molar-refractivity contribution in [1.29, 1.82) is 0 Å². The van der Waals surface area contributed by atoms with E-state index in [0.717, 1.165) is 5.56 Å². The molecular formula is C13H13N3O. The molecule has 1 N–H and O–H groups in total. The molecule has 1 atom stereocenters. The summed E-state index contributed by atoms with van der Waals surface area (Å²) in [6.07, 6.45) is 4.49. The largest absolute Gasteiger partial charge is 0.344 e. The zero-order valence-electron chi connectivity index (χ0n) is 9.50. The number of amides is 1. The van der Waals surface area contributed by atoms with Crippen LogP contribution in [0.1, 0.15) is 29.0 Å². The Morgan fingerprint density at radius 3 is 2.65 bits per heavy atom. The lowest BCUT2D eigenvalue weighted by Gasteiger charge is -2.13. The van der Waals surface area contributed by atoms with Crippen LogP contribution in [0.15, 0.2) is 48.9 Å². The molecule has 2 aromatic rings. The molecule has 0 fully saturated rings. The van der Waals surface area contributed by atoms with Crippen LogP contribution in [0, 0.1) is 0 Å². The highest BCUT2D eigenvalue weighted by Gasteiger charge is 2.11. The summed E-state index contributed by atoms with van der Waals surface area (Å²) in [7, 11) is 0. The van der Waals surface area contributed by atoms with Gasteiger partial charge in [0.1, 0.15) is 5.69 Å². The van der Waals surface area contributed by atoms with Crippen molar-refractivity contribution in [2.24, 2.45) is 0 Å². The first-order valence-electron chi connectivity index (χ1n) is 5.39. The summed E-state index contributed by atoms with van der Waals surface area (Å²) in [4.78, 5) is 19.6. The fourth-order valence-corrected chi connectivity index (χ4v) is 1.51. The average Bonchev–Trinajstić information content (AvgIpc) is 2.40. The third-order valence-corrected chi connectivity index (χ3v) is 2.44. The summed E-state index contributed by atoms with van der Waals surface area (Å²) >= 11 is 0. The van der Waals surface area contributed by atoms with Crippen molar-refractivity contribution >= 4 is 5.91 Å². The van der Waals surface area contributed by atoms with E-state index in [9.17, 15) is 4.79 Å². The van der Waals surface area contributed by atoms with Gasteiger partial charge in [0.25, 0.3) is 5.91 Å². The van der Waals surface area contributed by atoms with Gasteiger partial charge in [0, 0.05) is 12.4 Å². The number of hydrogen-bond acceptors (Lipinski definition) is 3. The van der Waals surface area contributed by atoms with Crippen molar-refractivity contribution in [1.82, 2.24) is 15.3 Å². The van der Waals surface area contributed by atoms with Gasteiger partial charge in [-0.15, -0.1) is 0 Å². The molecule has 86 valence electrons. The van der Waals surface area contributed by atoms with Crippen LogP contribution in [0.25, 0.3) is 0 Å². The standard InChI is InChI=1S/C13H13N3O/c1-10(11-5-3-2-4-6-11)16-13(17)12-9-14-7-8-15-12/h2-10H,1H3,(H,16,17)/t10-/m0/s1. The lowest BCUT2D eigenvalue weighted by molar-refractivity contribution is 0.0934. The Kier molecular flexibility index (Phi) is 3.45. The van der Waals surface area contributed by atoms with Gasteiger partial charge in [-0.25, -0.2) is 4.98 Å². The predicted molar refractivity (Wildman–Crippen MR) is 64.4 cm³/mol. The van der Waals surface area contributed by atoms with Crippen LogP contribution in [0.4, 0.5) is 0 Å². The number of benzene rings is 1. The lowest BCUT2D eigenvalue weighted by atomic mass is 10.1. The Bertz CT molecular complexity index is 485. The maximum Gasteiger partial charge on any atom is 0.271 e. The molecule has 1 aromatic heterocycles. The van der Waals surface area contributed by atoms with Gasteiger partial charge in [0.2, 0.25) is 0 Å². The summed E-state index contributed by atoms with van der Waals surface area (Å²) in [5, 5.41) is 2.87. The van der Waals surface area contributed by atoms with Gasteiger partial charge in [0.15, 0.2) is 0 Å². The van der Waals surface area contributed by atoms with Crippen LogP contribution in [0.3, 0.4) is 0 Å². The van der Waals surface area contributed by atoms with Gasteiger partial charge in [-0.2, -0.15) is 0 Å². The van der Waals surface area contributed by atoms with Crippen LogP contribution in [-0.4, -0.2) is 15.9 Å². The van der Waals surface area contributed by atoms with Crippen LogP contribution in [-0.2, 0) is 0 Å². The molecule has 0 aliphatic carbocycles. The van der Waals surface area contributed by atoms with Crippen molar-refractivity contribution in [2.45, 2.75) is 13.0 Å². The van der Waals surface area contributed by atoms with Crippen molar-refractivity contribution in [2.75, 3.05) is 0 Å². The van der Waals surface area contributed by atoms with Crippen LogP contribution >= 0.6 is 0 Å². The monoisotopic (exact) mass is 227 g/mol. The molecule has 1 aromatic carbocycles. The number of rotatable bonds is 3. The van der Waals surface area contributed by atoms with Crippen molar-refractivity contribution in [3.05, 3.63) is 60.2 Å². The molecule has 0 aliphatic rings. The van der Waals surface area contributed by atoms with Crippen LogP contribution < -0.4 is 5.32 Å². The molecule has 0 spiro atoms.